The monoisotopic (exact) mass is 659 g/mol. The van der Waals surface area contributed by atoms with E-state index in [1.165, 1.54) is 37.2 Å². The van der Waals surface area contributed by atoms with Crippen molar-refractivity contribution in [3.63, 3.8) is 0 Å². The van der Waals surface area contributed by atoms with Crippen LogP contribution in [0.5, 0.6) is 5.75 Å². The summed E-state index contributed by atoms with van der Waals surface area (Å²) in [7, 11) is 0.518. The lowest BCUT2D eigenvalue weighted by atomic mass is 10.1. The van der Waals surface area contributed by atoms with E-state index in [-0.39, 0.29) is 11.4 Å². The van der Waals surface area contributed by atoms with Crippen molar-refractivity contribution < 1.29 is 31.4 Å². The first-order chi connectivity index (χ1) is 21.4. The average molecular weight is 660 g/mol. The minimum absolute atomic E-state index is 0.128. The van der Waals surface area contributed by atoms with E-state index >= 15 is 0 Å². The number of nitrogens with zero attached hydrogens (tertiary/aromatic N) is 2. The van der Waals surface area contributed by atoms with Crippen molar-refractivity contribution in [1.29, 1.82) is 0 Å². The first-order valence-electron chi connectivity index (χ1n) is 14.7. The lowest BCUT2D eigenvalue weighted by Gasteiger charge is -2.26. The molecule has 6 N–H and O–H groups in total. The third-order valence-corrected chi connectivity index (χ3v) is 7.57. The highest BCUT2D eigenvalue weighted by atomic mass is 32.3. The van der Waals surface area contributed by atoms with Gasteiger partial charge in [0.1, 0.15) is 11.9 Å². The van der Waals surface area contributed by atoms with Gasteiger partial charge in [-0.05, 0) is 69.7 Å². The van der Waals surface area contributed by atoms with Crippen molar-refractivity contribution >= 4 is 33.1 Å². The average Bonchev–Trinajstić information content (AvgIpc) is 3.35. The summed E-state index contributed by atoms with van der Waals surface area (Å²) in [5.41, 5.74) is 2.19. The molecule has 0 fully saturated rings. The van der Waals surface area contributed by atoms with Crippen molar-refractivity contribution in [2.24, 2.45) is 5.14 Å². The number of aromatic nitrogens is 1. The number of ether oxygens (including phenoxy) is 1. The third kappa shape index (κ3) is 12.6. The van der Waals surface area contributed by atoms with E-state index in [1.807, 2.05) is 20.0 Å². The summed E-state index contributed by atoms with van der Waals surface area (Å²) in [5, 5.41) is 12.5. The predicted molar refractivity (Wildman–Crippen MR) is 180 cm³/mol. The number of methoxy groups -OCH3 is 1. The van der Waals surface area contributed by atoms with E-state index in [4.69, 9.17) is 9.88 Å². The standard InChI is InChI=1S/C28H38F3N5O3S.C3H8.CH3F/c1-5-35(3)15-13-23(19(2)29)34-24-9-6-10-26-22(24)16-20(36(26)18-28(30)31)8-7-14-33-25-12-11-21(40(32,37)38)17-27(25)39-4;1-3-2;1-2/h6,9-12,16-17,19,23,28,33-34,37-38H,5,13-15,18,32H2,1-4H3;3H2,1-2H3;1H3. The summed E-state index contributed by atoms with van der Waals surface area (Å²) >= 11 is 0. The van der Waals surface area contributed by atoms with Gasteiger partial charge in [-0.2, -0.15) is 0 Å². The number of fused-ring (bicyclic) bond motifs is 1. The van der Waals surface area contributed by atoms with E-state index in [0.29, 0.717) is 47.3 Å². The number of hydrogen-bond acceptors (Lipinski definition) is 7. The molecule has 2 atom stereocenters. The second-order valence-corrected chi connectivity index (χ2v) is 11.9. The summed E-state index contributed by atoms with van der Waals surface area (Å²) in [6.45, 7) is 9.00. The Bertz CT molecular complexity index is 1360. The van der Waals surface area contributed by atoms with Crippen molar-refractivity contribution in [3.8, 4) is 17.6 Å². The maximum Gasteiger partial charge on any atom is 0.256 e. The van der Waals surface area contributed by atoms with Crippen LogP contribution in [0.1, 0.15) is 46.2 Å². The van der Waals surface area contributed by atoms with Gasteiger partial charge in [0.05, 0.1) is 55.2 Å². The number of hydrogen-bond donors (Lipinski definition) is 5. The van der Waals surface area contributed by atoms with Crippen LogP contribution in [0, 0.1) is 11.8 Å². The minimum Gasteiger partial charge on any atom is -0.495 e. The van der Waals surface area contributed by atoms with Gasteiger partial charge in [-0.25, -0.2) is 18.3 Å². The number of rotatable bonds is 13. The van der Waals surface area contributed by atoms with E-state index in [9.17, 15) is 26.7 Å². The molecule has 0 bridgehead atoms. The molecular weight excluding hydrogens is 610 g/mol. The molecule has 0 saturated heterocycles. The number of nitrogens with two attached hydrogens (primary N) is 1. The van der Waals surface area contributed by atoms with Crippen molar-refractivity contribution in [3.05, 3.63) is 48.2 Å². The summed E-state index contributed by atoms with van der Waals surface area (Å²) < 4.78 is 77.2. The molecular formula is C32H49F4N5O3S. The lowest BCUT2D eigenvalue weighted by Crippen LogP contribution is -2.33. The summed E-state index contributed by atoms with van der Waals surface area (Å²) in [5.74, 6) is 6.27. The molecule has 3 rings (SSSR count). The summed E-state index contributed by atoms with van der Waals surface area (Å²) in [6.07, 6.45) is -1.87. The Labute approximate surface area is 266 Å². The molecule has 1 heterocycles. The zero-order chi connectivity index (χ0) is 34.2. The lowest BCUT2D eigenvalue weighted by molar-refractivity contribution is 0.128. The van der Waals surface area contributed by atoms with Crippen LogP contribution in [0.2, 0.25) is 0 Å². The predicted octanol–water partition coefficient (Wildman–Crippen LogP) is 7.84. The fourth-order valence-electron chi connectivity index (χ4n) is 4.26. The molecule has 0 radical (unpaired) electrons. The van der Waals surface area contributed by atoms with Crippen LogP contribution in [0.4, 0.5) is 28.9 Å². The Balaban J connectivity index is 0.00000191. The first-order valence-corrected chi connectivity index (χ1v) is 16.3. The van der Waals surface area contributed by atoms with Crippen LogP contribution in [-0.2, 0) is 6.54 Å². The zero-order valence-corrected chi connectivity index (χ0v) is 28.0. The van der Waals surface area contributed by atoms with E-state index < -0.39 is 36.0 Å². The Morgan fingerprint density at radius 2 is 1.73 bits per heavy atom. The van der Waals surface area contributed by atoms with Crippen molar-refractivity contribution in [1.82, 2.24) is 9.47 Å². The molecule has 0 aliphatic rings. The number of benzene rings is 2. The molecule has 0 saturated carbocycles. The van der Waals surface area contributed by atoms with Gasteiger partial charge in [-0.1, -0.05) is 39.2 Å². The first kappa shape index (κ1) is 39.9. The largest absolute Gasteiger partial charge is 0.495 e. The topological polar surface area (TPSA) is 108 Å². The molecule has 13 heteroatoms. The molecule has 8 nitrogen and oxygen atoms in total. The van der Waals surface area contributed by atoms with E-state index in [1.54, 1.807) is 24.3 Å². The third-order valence-electron chi connectivity index (χ3n) is 6.63. The maximum absolute atomic E-state index is 14.5. The van der Waals surface area contributed by atoms with Gasteiger partial charge in [0.25, 0.3) is 6.43 Å². The number of halogens is 4. The Hall–Kier alpha value is -3.15. The van der Waals surface area contributed by atoms with Gasteiger partial charge in [-0.3, -0.25) is 13.5 Å². The molecule has 1 aromatic heterocycles. The van der Waals surface area contributed by atoms with Gasteiger partial charge in [-0.15, -0.1) is 10.8 Å². The van der Waals surface area contributed by atoms with Crippen molar-refractivity contribution in [2.45, 2.75) is 70.6 Å². The maximum atomic E-state index is 14.5. The number of nitrogens with one attached hydrogen (secondary N) is 2. The van der Waals surface area contributed by atoms with Gasteiger partial charge in [0.15, 0.2) is 0 Å². The fourth-order valence-corrected chi connectivity index (χ4v) is 4.81. The molecule has 0 aliphatic carbocycles. The number of alkyl halides is 4. The molecule has 2 aromatic carbocycles. The second-order valence-electron chi connectivity index (χ2n) is 10.2. The normalized spacial score (nSPS) is 12.7. The van der Waals surface area contributed by atoms with Crippen LogP contribution in [-0.4, -0.2) is 78.2 Å². The van der Waals surface area contributed by atoms with Crippen LogP contribution < -0.4 is 20.5 Å². The van der Waals surface area contributed by atoms with E-state index in [2.05, 4.69) is 41.2 Å². The quantitative estimate of drug-likeness (QED) is 0.0940. The Morgan fingerprint density at radius 1 is 1.07 bits per heavy atom. The Morgan fingerprint density at radius 3 is 2.29 bits per heavy atom. The second kappa shape index (κ2) is 20.1. The summed E-state index contributed by atoms with van der Waals surface area (Å²) in [4.78, 5) is 2.23. The van der Waals surface area contributed by atoms with Crippen LogP contribution in [0.25, 0.3) is 10.9 Å². The molecule has 2 unspecified atom stereocenters. The van der Waals surface area contributed by atoms with Crippen molar-refractivity contribution in [2.75, 3.05) is 51.6 Å². The zero-order valence-electron chi connectivity index (χ0n) is 27.2. The van der Waals surface area contributed by atoms with Gasteiger partial charge in [0, 0.05) is 17.1 Å². The highest BCUT2D eigenvalue weighted by Crippen LogP contribution is 2.43. The SMILES string of the molecule is CCC.CCN(C)CCC(Nc1cccc2c1cc(C#CCNc1ccc(S(N)(O)O)cc1OC)n2CC(F)F)C(C)F.CF. The van der Waals surface area contributed by atoms with Gasteiger partial charge in [0.2, 0.25) is 0 Å². The Kier molecular flexibility index (Phi) is 17.8. The smallest absolute Gasteiger partial charge is 0.256 e. The highest BCUT2D eigenvalue weighted by Gasteiger charge is 2.20. The highest BCUT2D eigenvalue weighted by molar-refractivity contribution is 8.22. The molecule has 45 heavy (non-hydrogen) atoms. The van der Waals surface area contributed by atoms with Crippen LogP contribution in [0.15, 0.2) is 47.4 Å². The van der Waals surface area contributed by atoms with Gasteiger partial charge < -0.3 is 24.8 Å². The summed E-state index contributed by atoms with van der Waals surface area (Å²) in [6, 6.07) is 11.1. The van der Waals surface area contributed by atoms with E-state index in [0.717, 1.165) is 13.1 Å². The van der Waals surface area contributed by atoms with Crippen LogP contribution >= 0.6 is 10.8 Å². The molecule has 254 valence electrons. The molecule has 0 aliphatic heterocycles. The van der Waals surface area contributed by atoms with Crippen LogP contribution in [0.3, 0.4) is 0 Å². The van der Waals surface area contributed by atoms with Gasteiger partial charge >= 0.3 is 0 Å². The molecule has 0 amide bonds. The molecule has 3 aromatic rings. The number of anilines is 2. The minimum atomic E-state index is -3.39. The fraction of sp³-hybridized carbons (Fsp3) is 0.500. The molecule has 0 spiro atoms.